The number of pyridine rings is 1. The van der Waals surface area contributed by atoms with Crippen molar-refractivity contribution < 1.29 is 9.53 Å². The minimum Gasteiger partial charge on any atom is -0.439 e. The Labute approximate surface area is 169 Å². The minimum absolute atomic E-state index is 0.157. The molecule has 2 heterocycles. The van der Waals surface area contributed by atoms with Crippen LogP contribution in [0.5, 0.6) is 11.6 Å². The average molecular weight is 385 g/mol. The van der Waals surface area contributed by atoms with Crippen LogP contribution in [0.15, 0.2) is 72.9 Å². The van der Waals surface area contributed by atoms with Gasteiger partial charge in [0.15, 0.2) is 5.82 Å². The molecule has 1 N–H and O–H groups in total. The number of nitrogens with one attached hydrogen (secondary N) is 1. The molecule has 0 bridgehead atoms. The van der Waals surface area contributed by atoms with E-state index in [-0.39, 0.29) is 5.78 Å². The largest absolute Gasteiger partial charge is 0.439 e. The van der Waals surface area contributed by atoms with Gasteiger partial charge in [-0.3, -0.25) is 4.79 Å². The number of ketones is 1. The lowest BCUT2D eigenvalue weighted by Gasteiger charge is -2.04. The molecule has 1 aliphatic rings. The molecule has 0 saturated heterocycles. The Morgan fingerprint density at radius 3 is 2.17 bits per heavy atom. The van der Waals surface area contributed by atoms with Crippen LogP contribution in [0.3, 0.4) is 0 Å². The number of benzene rings is 2. The summed E-state index contributed by atoms with van der Waals surface area (Å²) in [5.41, 5.74) is 2.16. The maximum Gasteiger partial charge on any atom is 0.228 e. The number of nitrogens with zero attached hydrogens (tertiary/aromatic N) is 2. The van der Waals surface area contributed by atoms with Crippen molar-refractivity contribution in [1.82, 2.24) is 15.0 Å². The van der Waals surface area contributed by atoms with Crippen molar-refractivity contribution in [3.63, 3.8) is 0 Å². The Bertz CT molecular complexity index is 1030. The molecular formula is C24H23N3O2. The number of H-pyrrole nitrogens is 1. The van der Waals surface area contributed by atoms with Crippen molar-refractivity contribution in [2.24, 2.45) is 0 Å². The number of aromatic amines is 1. The number of imidazole rings is 1. The molecule has 4 aromatic rings. The zero-order chi connectivity index (χ0) is 19.9. The van der Waals surface area contributed by atoms with Crippen LogP contribution in [0.4, 0.5) is 0 Å². The highest BCUT2D eigenvalue weighted by molar-refractivity contribution is 6.08. The van der Waals surface area contributed by atoms with Gasteiger partial charge in [-0.1, -0.05) is 50.3 Å². The highest BCUT2D eigenvalue weighted by atomic mass is 16.5. The summed E-state index contributed by atoms with van der Waals surface area (Å²) in [7, 11) is 0. The van der Waals surface area contributed by atoms with Crippen LogP contribution in [0, 0.1) is 0 Å². The van der Waals surface area contributed by atoms with Crippen LogP contribution in [0.25, 0.3) is 11.0 Å². The van der Waals surface area contributed by atoms with Crippen molar-refractivity contribution >= 4 is 16.8 Å². The first-order valence-electron chi connectivity index (χ1n) is 9.98. The summed E-state index contributed by atoms with van der Waals surface area (Å²) in [6.45, 7) is 0. The summed E-state index contributed by atoms with van der Waals surface area (Å²) >= 11 is 0. The van der Waals surface area contributed by atoms with E-state index in [2.05, 4.69) is 15.0 Å². The first-order chi connectivity index (χ1) is 14.3. The van der Waals surface area contributed by atoms with E-state index in [9.17, 15) is 4.79 Å². The number of ether oxygens (including phenoxy) is 1. The molecule has 2 aromatic carbocycles. The molecule has 29 heavy (non-hydrogen) atoms. The number of para-hydroxylation sites is 2. The average Bonchev–Trinajstić information content (AvgIpc) is 3.48. The number of aromatic nitrogens is 3. The molecule has 146 valence electrons. The highest BCUT2D eigenvalue weighted by Crippen LogP contribution is 2.21. The quantitative estimate of drug-likeness (QED) is 0.442. The molecule has 1 saturated carbocycles. The molecule has 0 aliphatic heterocycles. The lowest BCUT2D eigenvalue weighted by atomic mass is 10.1. The van der Waals surface area contributed by atoms with Gasteiger partial charge in [0.2, 0.25) is 11.7 Å². The fourth-order valence-electron chi connectivity index (χ4n) is 3.28. The zero-order valence-corrected chi connectivity index (χ0v) is 16.2. The summed E-state index contributed by atoms with van der Waals surface area (Å²) in [6, 6.07) is 19.9. The van der Waals surface area contributed by atoms with E-state index in [0.29, 0.717) is 23.0 Å². The van der Waals surface area contributed by atoms with Gasteiger partial charge in [-0.15, -0.1) is 0 Å². The second-order valence-corrected chi connectivity index (χ2v) is 6.99. The third kappa shape index (κ3) is 4.88. The van der Waals surface area contributed by atoms with Crippen molar-refractivity contribution in [3.05, 3.63) is 84.3 Å². The third-order valence-electron chi connectivity index (χ3n) is 4.83. The summed E-state index contributed by atoms with van der Waals surface area (Å²) in [5.74, 6) is 1.30. The van der Waals surface area contributed by atoms with Crippen LogP contribution in [-0.4, -0.2) is 20.7 Å². The molecular weight excluding hydrogens is 362 g/mol. The molecule has 1 aliphatic carbocycles. The Morgan fingerprint density at radius 2 is 1.52 bits per heavy atom. The van der Waals surface area contributed by atoms with Crippen LogP contribution < -0.4 is 4.74 Å². The van der Waals surface area contributed by atoms with Gasteiger partial charge < -0.3 is 9.72 Å². The molecule has 0 unspecified atom stereocenters. The van der Waals surface area contributed by atoms with Gasteiger partial charge in [-0.05, 0) is 42.5 Å². The lowest BCUT2D eigenvalue weighted by molar-refractivity contribution is 0.103. The fraction of sp³-hybridized carbons (Fsp3) is 0.208. The van der Waals surface area contributed by atoms with E-state index >= 15 is 0 Å². The molecule has 5 nitrogen and oxygen atoms in total. The SMILES string of the molecule is C1CCCC1.O=C(c1ccc(Oc2ccccn2)cc1)c1nc2ccccc2[nH]1. The van der Waals surface area contributed by atoms with Crippen molar-refractivity contribution in [2.45, 2.75) is 32.1 Å². The van der Waals surface area contributed by atoms with Gasteiger partial charge >= 0.3 is 0 Å². The van der Waals surface area contributed by atoms with E-state index in [1.165, 1.54) is 32.1 Å². The number of rotatable bonds is 4. The van der Waals surface area contributed by atoms with E-state index in [4.69, 9.17) is 4.74 Å². The molecule has 2 aromatic heterocycles. The lowest BCUT2D eigenvalue weighted by Crippen LogP contribution is -2.03. The summed E-state index contributed by atoms with van der Waals surface area (Å²) < 4.78 is 5.62. The van der Waals surface area contributed by atoms with Gasteiger partial charge in [0, 0.05) is 17.8 Å². The van der Waals surface area contributed by atoms with Crippen LogP contribution >= 0.6 is 0 Å². The second kappa shape index (κ2) is 9.15. The Hall–Kier alpha value is -3.47. The maximum atomic E-state index is 12.5. The summed E-state index contributed by atoms with van der Waals surface area (Å²) in [4.78, 5) is 24.0. The fourth-order valence-corrected chi connectivity index (χ4v) is 3.28. The number of carbonyl (C=O) groups is 1. The number of fused-ring (bicyclic) bond motifs is 1. The highest BCUT2D eigenvalue weighted by Gasteiger charge is 2.14. The van der Waals surface area contributed by atoms with Gasteiger partial charge in [-0.2, -0.15) is 0 Å². The predicted octanol–water partition coefficient (Wildman–Crippen LogP) is 5.93. The van der Waals surface area contributed by atoms with Crippen molar-refractivity contribution in [3.8, 4) is 11.6 Å². The van der Waals surface area contributed by atoms with E-state index < -0.39 is 0 Å². The molecule has 0 radical (unpaired) electrons. The Kier molecular flexibility index (Phi) is 5.95. The first-order valence-corrected chi connectivity index (χ1v) is 9.98. The molecule has 0 amide bonds. The summed E-state index contributed by atoms with van der Waals surface area (Å²) in [6.07, 6.45) is 9.16. The van der Waals surface area contributed by atoms with Gasteiger partial charge in [0.1, 0.15) is 5.75 Å². The Morgan fingerprint density at radius 1 is 0.828 bits per heavy atom. The van der Waals surface area contributed by atoms with Gasteiger partial charge in [0.25, 0.3) is 0 Å². The third-order valence-corrected chi connectivity index (χ3v) is 4.83. The van der Waals surface area contributed by atoms with Crippen LogP contribution in [0.2, 0.25) is 0 Å². The van der Waals surface area contributed by atoms with Crippen molar-refractivity contribution in [2.75, 3.05) is 0 Å². The first kappa shape index (κ1) is 18.9. The van der Waals surface area contributed by atoms with E-state index in [1.54, 1.807) is 36.5 Å². The predicted molar refractivity (Wildman–Crippen MR) is 113 cm³/mol. The zero-order valence-electron chi connectivity index (χ0n) is 16.2. The molecule has 1 fully saturated rings. The molecule has 5 rings (SSSR count). The number of hydrogen-bond donors (Lipinski definition) is 1. The minimum atomic E-state index is -0.157. The maximum absolute atomic E-state index is 12.5. The van der Waals surface area contributed by atoms with Crippen molar-refractivity contribution in [1.29, 1.82) is 0 Å². The molecule has 0 spiro atoms. The molecule has 5 heteroatoms. The standard InChI is InChI=1S/C19H13N3O2.C5H10/c23-18(19-21-15-5-1-2-6-16(15)22-19)13-8-10-14(11-9-13)24-17-7-3-4-12-20-17;1-2-4-5-3-1/h1-12H,(H,21,22);1-5H2. The van der Waals surface area contributed by atoms with E-state index in [0.717, 1.165) is 11.0 Å². The summed E-state index contributed by atoms with van der Waals surface area (Å²) in [5, 5.41) is 0. The Balaban J connectivity index is 0.000000359. The number of carbonyl (C=O) groups excluding carboxylic acids is 1. The molecule has 0 atom stereocenters. The normalized spacial score (nSPS) is 13.0. The monoisotopic (exact) mass is 385 g/mol. The second-order valence-electron chi connectivity index (χ2n) is 6.99. The van der Waals surface area contributed by atoms with E-state index in [1.807, 2.05) is 36.4 Å². The topological polar surface area (TPSA) is 67.9 Å². The van der Waals surface area contributed by atoms with Crippen LogP contribution in [0.1, 0.15) is 48.3 Å². The smallest absolute Gasteiger partial charge is 0.228 e. The van der Waals surface area contributed by atoms with Crippen LogP contribution in [-0.2, 0) is 0 Å². The van der Waals surface area contributed by atoms with Gasteiger partial charge in [0.05, 0.1) is 11.0 Å². The van der Waals surface area contributed by atoms with Gasteiger partial charge in [-0.25, -0.2) is 9.97 Å². The number of hydrogen-bond acceptors (Lipinski definition) is 4.